The van der Waals surface area contributed by atoms with Crippen molar-refractivity contribution in [1.29, 1.82) is 0 Å². The average molecular weight is 268 g/mol. The number of rotatable bonds is 4. The third-order valence-electron chi connectivity index (χ3n) is 2.87. The van der Waals surface area contributed by atoms with Crippen molar-refractivity contribution in [1.82, 2.24) is 14.5 Å². The largest absolute Gasteiger partial charge is 0.394 e. The number of nitrogen functional groups attached to an aromatic ring is 1. The van der Waals surface area contributed by atoms with Crippen molar-refractivity contribution in [3.63, 3.8) is 0 Å². The Hall–Kier alpha value is -1.93. The van der Waals surface area contributed by atoms with E-state index in [9.17, 15) is 4.79 Å². The van der Waals surface area contributed by atoms with Gasteiger partial charge in [-0.15, -0.1) is 0 Å². The number of ether oxygens (including phenoxy) is 1. The smallest absolute Gasteiger partial charge is 0.313 e. The van der Waals surface area contributed by atoms with Crippen molar-refractivity contribution in [3.8, 4) is 0 Å². The lowest BCUT2D eigenvalue weighted by molar-refractivity contribution is -0.740. The molecule has 2 aromatic rings. The Morgan fingerprint density at radius 2 is 2.32 bits per heavy atom. The van der Waals surface area contributed by atoms with Gasteiger partial charge in [0.2, 0.25) is 5.52 Å². The van der Waals surface area contributed by atoms with E-state index in [-0.39, 0.29) is 30.4 Å². The van der Waals surface area contributed by atoms with Crippen LogP contribution in [0.1, 0.15) is 20.1 Å². The first-order chi connectivity index (χ1) is 8.93. The molecule has 2 atom stereocenters. The van der Waals surface area contributed by atoms with E-state index in [0.29, 0.717) is 11.2 Å². The first kappa shape index (κ1) is 13.5. The second kappa shape index (κ2) is 4.98. The van der Waals surface area contributed by atoms with Crippen LogP contribution in [0.2, 0.25) is 0 Å². The van der Waals surface area contributed by atoms with Gasteiger partial charge < -0.3 is 15.6 Å². The maximum Gasteiger partial charge on any atom is 0.313 e. The quantitative estimate of drug-likeness (QED) is 0.619. The van der Waals surface area contributed by atoms with Gasteiger partial charge in [-0.2, -0.15) is 0 Å². The Morgan fingerprint density at radius 1 is 1.63 bits per heavy atom. The van der Waals surface area contributed by atoms with Crippen LogP contribution in [-0.2, 0) is 11.8 Å². The highest BCUT2D eigenvalue weighted by Gasteiger charge is 2.24. The minimum absolute atomic E-state index is 0.0554. The molecule has 104 valence electrons. The van der Waals surface area contributed by atoms with Crippen molar-refractivity contribution in [3.05, 3.63) is 16.7 Å². The molecule has 0 bridgehead atoms. The van der Waals surface area contributed by atoms with Crippen LogP contribution in [0.4, 0.5) is 5.95 Å². The van der Waals surface area contributed by atoms with Gasteiger partial charge in [-0.1, -0.05) is 4.98 Å². The minimum Gasteiger partial charge on any atom is -0.394 e. The van der Waals surface area contributed by atoms with E-state index in [1.807, 2.05) is 6.92 Å². The first-order valence-corrected chi connectivity index (χ1v) is 5.96. The van der Waals surface area contributed by atoms with E-state index in [4.69, 9.17) is 15.6 Å². The van der Waals surface area contributed by atoms with Crippen LogP contribution in [0.25, 0.3) is 11.2 Å². The summed E-state index contributed by atoms with van der Waals surface area (Å²) in [5.74, 6) is 0.0554. The van der Waals surface area contributed by atoms with E-state index in [0.717, 1.165) is 0 Å². The van der Waals surface area contributed by atoms with Gasteiger partial charge >= 0.3 is 5.65 Å². The molecule has 0 amide bonds. The van der Waals surface area contributed by atoms with Crippen molar-refractivity contribution in [2.24, 2.45) is 7.05 Å². The molecule has 0 aliphatic carbocycles. The number of fused-ring (bicyclic) bond motifs is 1. The molecule has 0 radical (unpaired) electrons. The molecule has 0 aliphatic rings. The fraction of sp³-hybridized carbons (Fsp3) is 0.545. The number of aryl methyl sites for hydroxylation is 1. The molecule has 0 saturated heterocycles. The molecule has 4 N–H and O–H groups in total. The number of H-pyrrole nitrogens is 1. The number of aromatic nitrogens is 4. The van der Waals surface area contributed by atoms with Gasteiger partial charge in [0.15, 0.2) is 12.6 Å². The molecule has 2 heterocycles. The number of nitrogens with two attached hydrogens (primary N) is 1. The molecule has 2 unspecified atom stereocenters. The summed E-state index contributed by atoms with van der Waals surface area (Å²) in [7, 11) is 1.74. The molecule has 0 spiro atoms. The second-order valence-corrected chi connectivity index (χ2v) is 4.49. The molecule has 8 nitrogen and oxygen atoms in total. The first-order valence-electron chi connectivity index (χ1n) is 5.96. The van der Waals surface area contributed by atoms with Gasteiger partial charge in [-0.05, 0) is 13.8 Å². The van der Waals surface area contributed by atoms with E-state index in [2.05, 4.69) is 9.97 Å². The van der Waals surface area contributed by atoms with Gasteiger partial charge in [-0.25, -0.2) is 4.57 Å². The van der Waals surface area contributed by atoms with Gasteiger partial charge in [-0.3, -0.25) is 14.3 Å². The summed E-state index contributed by atoms with van der Waals surface area (Å²) in [6.07, 6.45) is 1.03. The topological polar surface area (TPSA) is 110 Å². The zero-order valence-corrected chi connectivity index (χ0v) is 11.1. The van der Waals surface area contributed by atoms with Crippen LogP contribution in [0.3, 0.4) is 0 Å². The number of anilines is 1. The Bertz CT molecular complexity index is 648. The predicted octanol–water partition coefficient (Wildman–Crippen LogP) is -0.953. The van der Waals surface area contributed by atoms with E-state index in [1.165, 1.54) is 0 Å². The lowest BCUT2D eigenvalue weighted by Gasteiger charge is -2.15. The Balaban J connectivity index is 2.52. The zero-order chi connectivity index (χ0) is 14.2. The van der Waals surface area contributed by atoms with E-state index >= 15 is 0 Å². The molecule has 0 aliphatic heterocycles. The summed E-state index contributed by atoms with van der Waals surface area (Å²) in [4.78, 5) is 18.4. The molecule has 8 heteroatoms. The van der Waals surface area contributed by atoms with Gasteiger partial charge in [0.1, 0.15) is 0 Å². The van der Waals surface area contributed by atoms with Gasteiger partial charge in [0, 0.05) is 0 Å². The van der Waals surface area contributed by atoms with Crippen LogP contribution in [0, 0.1) is 0 Å². The normalized spacial score (nSPS) is 14.7. The van der Waals surface area contributed by atoms with Gasteiger partial charge in [0.05, 0.1) is 19.8 Å². The van der Waals surface area contributed by atoms with Crippen LogP contribution < -0.4 is 15.9 Å². The number of nitrogens with zero attached hydrogens (tertiary/aromatic N) is 3. The lowest BCUT2D eigenvalue weighted by atomic mass is 10.4. The number of hydrogen-bond acceptors (Lipinski definition) is 5. The number of aliphatic hydroxyl groups excluding tert-OH is 1. The minimum atomic E-state index is -0.375. The van der Waals surface area contributed by atoms with Crippen LogP contribution in [-0.4, -0.2) is 32.4 Å². The molecule has 0 fully saturated rings. The highest BCUT2D eigenvalue weighted by atomic mass is 16.5. The third kappa shape index (κ3) is 2.45. The highest BCUT2D eigenvalue weighted by molar-refractivity contribution is 5.66. The molecular formula is C11H18N5O3+. The van der Waals surface area contributed by atoms with Crippen molar-refractivity contribution < 1.29 is 14.4 Å². The molecule has 0 saturated carbocycles. The molecule has 2 rings (SSSR count). The fourth-order valence-corrected chi connectivity index (χ4v) is 1.98. The number of imidazole rings is 1. The number of hydrogen-bond donors (Lipinski definition) is 3. The predicted molar refractivity (Wildman–Crippen MR) is 68.3 cm³/mol. The monoisotopic (exact) mass is 268 g/mol. The highest BCUT2D eigenvalue weighted by Crippen LogP contribution is 2.09. The zero-order valence-electron chi connectivity index (χ0n) is 11.1. The third-order valence-corrected chi connectivity index (χ3v) is 2.87. The summed E-state index contributed by atoms with van der Waals surface area (Å²) in [5.41, 5.74) is 6.12. The van der Waals surface area contributed by atoms with Crippen LogP contribution in [0.5, 0.6) is 0 Å². The second-order valence-electron chi connectivity index (χ2n) is 4.49. The summed E-state index contributed by atoms with van der Waals surface area (Å²) < 4.78 is 8.95. The molecule has 0 aromatic carbocycles. The molecule has 19 heavy (non-hydrogen) atoms. The summed E-state index contributed by atoms with van der Waals surface area (Å²) in [6, 6.07) is 0. The average Bonchev–Trinajstić information content (AvgIpc) is 2.66. The van der Waals surface area contributed by atoms with Crippen molar-refractivity contribution in [2.45, 2.75) is 26.2 Å². The number of nitrogens with one attached hydrogen (secondary N) is 1. The maximum absolute atomic E-state index is 11.8. The summed E-state index contributed by atoms with van der Waals surface area (Å²) >= 11 is 0. The Morgan fingerprint density at radius 3 is 2.95 bits per heavy atom. The van der Waals surface area contributed by atoms with Crippen LogP contribution >= 0.6 is 0 Å². The number of aromatic amines is 1. The van der Waals surface area contributed by atoms with E-state index < -0.39 is 0 Å². The molecular weight excluding hydrogens is 250 g/mol. The molecule has 2 aromatic heterocycles. The lowest BCUT2D eigenvalue weighted by Crippen LogP contribution is -2.41. The van der Waals surface area contributed by atoms with Crippen LogP contribution in [0.15, 0.2) is 11.1 Å². The summed E-state index contributed by atoms with van der Waals surface area (Å²) in [5, 5.41) is 9.01. The van der Waals surface area contributed by atoms with Crippen molar-refractivity contribution in [2.75, 3.05) is 12.3 Å². The van der Waals surface area contributed by atoms with Gasteiger partial charge in [0.25, 0.3) is 11.5 Å². The fourth-order valence-electron chi connectivity index (χ4n) is 1.98. The van der Waals surface area contributed by atoms with E-state index in [1.54, 1.807) is 29.4 Å². The Kier molecular flexibility index (Phi) is 3.54. The summed E-state index contributed by atoms with van der Waals surface area (Å²) in [6.45, 7) is 3.49. The Labute approximate surface area is 109 Å². The standard InChI is InChI=1S/C11H17N5O3/c1-6(4-17)19-7(2)16-5-15(3)8-9(16)13-11(12)14-10(8)18/h5-7,17H,4H2,1-3H3,(H2-,12,13,14,18)/p+1. The SMILES string of the molecule is CC(CO)OC(C)[n+]1cn(C)c2c(=O)[nH]c(N)nc21. The van der Waals surface area contributed by atoms with Crippen molar-refractivity contribution >= 4 is 17.1 Å². The maximum atomic E-state index is 11.8. The number of aliphatic hydroxyl groups is 1.